The Balaban J connectivity index is 1.67. The van der Waals surface area contributed by atoms with Crippen molar-refractivity contribution < 1.29 is 4.74 Å². The topological polar surface area (TPSA) is 15.7 Å². The molecule has 1 saturated carbocycles. The molecule has 0 aromatic rings. The summed E-state index contributed by atoms with van der Waals surface area (Å²) in [6.07, 6.45) is 4.15. The molecule has 94 valence electrons. The van der Waals surface area contributed by atoms with Gasteiger partial charge in [0.25, 0.3) is 0 Å². The second kappa shape index (κ2) is 6.80. The second-order valence-corrected chi connectivity index (χ2v) is 5.14. The standard InChI is InChI=1S/C12H23ClN2O/c13-4-5-15(12-2-1-3-12)7-6-14-8-10-16-11-9-14/h12H,1-11H2. The van der Waals surface area contributed by atoms with Crippen molar-refractivity contribution in [2.24, 2.45) is 0 Å². The van der Waals surface area contributed by atoms with E-state index in [2.05, 4.69) is 9.80 Å². The highest BCUT2D eigenvalue weighted by Gasteiger charge is 2.24. The van der Waals surface area contributed by atoms with E-state index >= 15 is 0 Å². The molecular formula is C12H23ClN2O. The first-order chi connectivity index (χ1) is 7.90. The molecule has 1 saturated heterocycles. The third kappa shape index (κ3) is 3.59. The molecule has 0 radical (unpaired) electrons. The van der Waals surface area contributed by atoms with E-state index in [1.165, 1.54) is 32.4 Å². The highest BCUT2D eigenvalue weighted by atomic mass is 35.5. The molecule has 2 aliphatic rings. The van der Waals surface area contributed by atoms with Crippen LogP contribution in [0.4, 0.5) is 0 Å². The van der Waals surface area contributed by atoms with Gasteiger partial charge in [-0.2, -0.15) is 0 Å². The Morgan fingerprint density at radius 2 is 1.94 bits per heavy atom. The lowest BCUT2D eigenvalue weighted by Gasteiger charge is -2.38. The molecule has 16 heavy (non-hydrogen) atoms. The highest BCUT2D eigenvalue weighted by Crippen LogP contribution is 2.24. The number of hydrogen-bond acceptors (Lipinski definition) is 3. The van der Waals surface area contributed by atoms with Crippen molar-refractivity contribution in [3.05, 3.63) is 0 Å². The van der Waals surface area contributed by atoms with Crippen LogP contribution < -0.4 is 0 Å². The van der Waals surface area contributed by atoms with Gasteiger partial charge in [-0.1, -0.05) is 6.42 Å². The molecule has 0 atom stereocenters. The summed E-state index contributed by atoms with van der Waals surface area (Å²) in [5.41, 5.74) is 0. The average molecular weight is 247 g/mol. The van der Waals surface area contributed by atoms with Crippen LogP contribution in [0.15, 0.2) is 0 Å². The summed E-state index contributed by atoms with van der Waals surface area (Å²) >= 11 is 5.87. The van der Waals surface area contributed by atoms with Crippen molar-refractivity contribution in [1.29, 1.82) is 0 Å². The Morgan fingerprint density at radius 3 is 2.50 bits per heavy atom. The molecule has 2 rings (SSSR count). The molecule has 1 heterocycles. The zero-order valence-corrected chi connectivity index (χ0v) is 10.8. The summed E-state index contributed by atoms with van der Waals surface area (Å²) < 4.78 is 5.36. The number of alkyl halides is 1. The van der Waals surface area contributed by atoms with Gasteiger partial charge in [0.1, 0.15) is 0 Å². The van der Waals surface area contributed by atoms with Gasteiger partial charge in [0.2, 0.25) is 0 Å². The van der Waals surface area contributed by atoms with E-state index in [1.54, 1.807) is 0 Å². The van der Waals surface area contributed by atoms with E-state index in [0.29, 0.717) is 0 Å². The molecule has 0 aromatic carbocycles. The molecule has 1 aliphatic heterocycles. The molecule has 0 bridgehead atoms. The number of nitrogens with zero attached hydrogens (tertiary/aromatic N) is 2. The molecule has 0 amide bonds. The fourth-order valence-corrected chi connectivity index (χ4v) is 2.65. The summed E-state index contributed by atoms with van der Waals surface area (Å²) in [6, 6.07) is 0.819. The van der Waals surface area contributed by atoms with E-state index in [0.717, 1.165) is 44.8 Å². The van der Waals surface area contributed by atoms with Crippen molar-refractivity contribution in [3.8, 4) is 0 Å². The number of morpholine rings is 1. The van der Waals surface area contributed by atoms with Crippen LogP contribution in [0.2, 0.25) is 0 Å². The lowest BCUT2D eigenvalue weighted by molar-refractivity contribution is 0.0278. The third-order valence-corrected chi connectivity index (χ3v) is 3.94. The van der Waals surface area contributed by atoms with E-state index in [9.17, 15) is 0 Å². The average Bonchev–Trinajstić information content (AvgIpc) is 2.25. The van der Waals surface area contributed by atoms with Gasteiger partial charge in [0, 0.05) is 44.6 Å². The monoisotopic (exact) mass is 246 g/mol. The molecule has 0 spiro atoms. The maximum atomic E-state index is 5.87. The Morgan fingerprint density at radius 1 is 1.19 bits per heavy atom. The maximum absolute atomic E-state index is 5.87. The quantitative estimate of drug-likeness (QED) is 0.660. The Bertz CT molecular complexity index is 193. The number of ether oxygens (including phenoxy) is 1. The summed E-state index contributed by atoms with van der Waals surface area (Å²) in [7, 11) is 0. The Kier molecular flexibility index (Phi) is 5.36. The normalized spacial score (nSPS) is 23.6. The lowest BCUT2D eigenvalue weighted by Crippen LogP contribution is -2.47. The lowest BCUT2D eigenvalue weighted by atomic mass is 9.91. The van der Waals surface area contributed by atoms with Crippen molar-refractivity contribution >= 4 is 11.6 Å². The largest absolute Gasteiger partial charge is 0.379 e. The predicted molar refractivity (Wildman–Crippen MR) is 67.2 cm³/mol. The van der Waals surface area contributed by atoms with Crippen molar-refractivity contribution in [1.82, 2.24) is 9.80 Å². The molecule has 0 aromatic heterocycles. The molecular weight excluding hydrogens is 224 g/mol. The highest BCUT2D eigenvalue weighted by molar-refractivity contribution is 6.18. The van der Waals surface area contributed by atoms with Crippen LogP contribution in [0.1, 0.15) is 19.3 Å². The van der Waals surface area contributed by atoms with Gasteiger partial charge in [-0.25, -0.2) is 0 Å². The first kappa shape index (κ1) is 12.6. The third-order valence-electron chi connectivity index (χ3n) is 3.77. The van der Waals surface area contributed by atoms with Gasteiger partial charge >= 0.3 is 0 Å². The molecule has 2 fully saturated rings. The fraction of sp³-hybridized carbons (Fsp3) is 1.00. The van der Waals surface area contributed by atoms with Crippen molar-refractivity contribution in [2.45, 2.75) is 25.3 Å². The first-order valence-corrected chi connectivity index (χ1v) is 7.03. The summed E-state index contributed by atoms with van der Waals surface area (Å²) in [5, 5.41) is 0. The molecule has 0 unspecified atom stereocenters. The summed E-state index contributed by atoms with van der Waals surface area (Å²) in [5.74, 6) is 0.764. The molecule has 3 nitrogen and oxygen atoms in total. The molecule has 1 aliphatic carbocycles. The van der Waals surface area contributed by atoms with E-state index < -0.39 is 0 Å². The minimum absolute atomic E-state index is 0.764. The van der Waals surface area contributed by atoms with Crippen molar-refractivity contribution in [3.63, 3.8) is 0 Å². The van der Waals surface area contributed by atoms with Crippen LogP contribution >= 0.6 is 11.6 Å². The zero-order valence-electron chi connectivity index (χ0n) is 10.0. The SMILES string of the molecule is ClCCN(CCN1CCOCC1)C1CCC1. The van der Waals surface area contributed by atoms with Crippen LogP contribution in [0, 0.1) is 0 Å². The van der Waals surface area contributed by atoms with Crippen LogP contribution in [0.3, 0.4) is 0 Å². The van der Waals surface area contributed by atoms with E-state index in [4.69, 9.17) is 16.3 Å². The van der Waals surface area contributed by atoms with E-state index in [1.807, 2.05) is 0 Å². The van der Waals surface area contributed by atoms with Gasteiger partial charge < -0.3 is 4.74 Å². The summed E-state index contributed by atoms with van der Waals surface area (Å²) in [4.78, 5) is 5.08. The van der Waals surface area contributed by atoms with Crippen molar-refractivity contribution in [2.75, 3.05) is 51.8 Å². The van der Waals surface area contributed by atoms with Gasteiger partial charge in [-0.05, 0) is 12.8 Å². The van der Waals surface area contributed by atoms with Gasteiger partial charge in [0.05, 0.1) is 13.2 Å². The number of hydrogen-bond donors (Lipinski definition) is 0. The second-order valence-electron chi connectivity index (χ2n) is 4.76. The maximum Gasteiger partial charge on any atom is 0.0594 e. The van der Waals surface area contributed by atoms with Gasteiger partial charge in [-0.15, -0.1) is 11.6 Å². The molecule has 4 heteroatoms. The van der Waals surface area contributed by atoms with Crippen LogP contribution in [-0.2, 0) is 4.74 Å². The van der Waals surface area contributed by atoms with Gasteiger partial charge in [0.15, 0.2) is 0 Å². The fourth-order valence-electron chi connectivity index (χ4n) is 2.43. The zero-order chi connectivity index (χ0) is 11.2. The molecule has 0 N–H and O–H groups in total. The van der Waals surface area contributed by atoms with Crippen LogP contribution in [-0.4, -0.2) is 67.7 Å². The first-order valence-electron chi connectivity index (χ1n) is 6.50. The Hall–Kier alpha value is 0.170. The smallest absolute Gasteiger partial charge is 0.0594 e. The number of rotatable bonds is 6. The minimum Gasteiger partial charge on any atom is -0.379 e. The van der Waals surface area contributed by atoms with Crippen LogP contribution in [0.25, 0.3) is 0 Å². The van der Waals surface area contributed by atoms with Crippen LogP contribution in [0.5, 0.6) is 0 Å². The summed E-state index contributed by atoms with van der Waals surface area (Å²) in [6.45, 7) is 7.40. The van der Waals surface area contributed by atoms with E-state index in [-0.39, 0.29) is 0 Å². The Labute approximate surface area is 104 Å². The number of halogens is 1. The predicted octanol–water partition coefficient (Wildman–Crippen LogP) is 1.41. The minimum atomic E-state index is 0.764. The van der Waals surface area contributed by atoms with Gasteiger partial charge in [-0.3, -0.25) is 9.80 Å².